The summed E-state index contributed by atoms with van der Waals surface area (Å²) in [5, 5.41) is 0. The quantitative estimate of drug-likeness (QED) is 0.755. The van der Waals surface area contributed by atoms with Crippen LogP contribution in [-0.4, -0.2) is 4.98 Å². The molecule has 0 bridgehead atoms. The summed E-state index contributed by atoms with van der Waals surface area (Å²) < 4.78 is 5.21. The van der Waals surface area contributed by atoms with E-state index in [0.717, 1.165) is 11.3 Å². The van der Waals surface area contributed by atoms with Crippen molar-refractivity contribution in [2.45, 2.75) is 6.42 Å². The monoisotopic (exact) mass is 174 g/mol. The number of furan rings is 1. The van der Waals surface area contributed by atoms with Crippen molar-refractivity contribution in [3.05, 3.63) is 48.0 Å². The minimum Gasteiger partial charge on any atom is -0.469 e. The van der Waals surface area contributed by atoms with E-state index in [2.05, 4.69) is 4.98 Å². The lowest BCUT2D eigenvalue weighted by Gasteiger charge is -2.00. The summed E-state index contributed by atoms with van der Waals surface area (Å²) in [6, 6.07) is 7.60. The molecular formula is C10H10N2O. The highest BCUT2D eigenvalue weighted by atomic mass is 16.3. The first-order valence-corrected chi connectivity index (χ1v) is 4.08. The van der Waals surface area contributed by atoms with Crippen molar-refractivity contribution >= 4 is 5.82 Å². The van der Waals surface area contributed by atoms with Gasteiger partial charge in [0.1, 0.15) is 11.6 Å². The zero-order valence-corrected chi connectivity index (χ0v) is 7.10. The summed E-state index contributed by atoms with van der Waals surface area (Å²) in [5.41, 5.74) is 6.68. The number of nitrogen functional groups attached to an aromatic ring is 1. The van der Waals surface area contributed by atoms with E-state index in [1.54, 1.807) is 12.5 Å². The maximum absolute atomic E-state index is 5.68. The van der Waals surface area contributed by atoms with E-state index < -0.39 is 0 Å². The Morgan fingerprint density at radius 3 is 2.92 bits per heavy atom. The summed E-state index contributed by atoms with van der Waals surface area (Å²) in [5.74, 6) is 1.47. The molecule has 2 heterocycles. The van der Waals surface area contributed by atoms with Gasteiger partial charge in [-0.15, -0.1) is 0 Å². The predicted octanol–water partition coefficient (Wildman–Crippen LogP) is 1.85. The van der Waals surface area contributed by atoms with Crippen LogP contribution in [0.2, 0.25) is 0 Å². The van der Waals surface area contributed by atoms with Crippen molar-refractivity contribution in [3.63, 3.8) is 0 Å². The highest BCUT2D eigenvalue weighted by molar-refractivity contribution is 5.40. The number of pyridine rings is 1. The molecule has 0 saturated carbocycles. The fraction of sp³-hybridized carbons (Fsp3) is 0.100. The molecule has 0 saturated heterocycles. The molecular weight excluding hydrogens is 164 g/mol. The zero-order chi connectivity index (χ0) is 9.10. The third-order valence-corrected chi connectivity index (χ3v) is 1.87. The molecule has 0 spiro atoms. The SMILES string of the molecule is Nc1ncccc1Cc1ccco1. The molecule has 3 nitrogen and oxygen atoms in total. The summed E-state index contributed by atoms with van der Waals surface area (Å²) in [6.07, 6.45) is 4.04. The van der Waals surface area contributed by atoms with E-state index in [9.17, 15) is 0 Å². The second kappa shape index (κ2) is 3.31. The molecule has 2 rings (SSSR count). The molecule has 66 valence electrons. The number of nitrogens with zero attached hydrogens (tertiary/aromatic N) is 1. The van der Waals surface area contributed by atoms with Gasteiger partial charge >= 0.3 is 0 Å². The minimum absolute atomic E-state index is 0.568. The highest BCUT2D eigenvalue weighted by Gasteiger charge is 2.02. The van der Waals surface area contributed by atoms with Gasteiger partial charge in [-0.25, -0.2) is 4.98 Å². The van der Waals surface area contributed by atoms with Crippen LogP contribution in [0.15, 0.2) is 41.1 Å². The summed E-state index contributed by atoms with van der Waals surface area (Å²) in [7, 11) is 0. The van der Waals surface area contributed by atoms with Gasteiger partial charge in [-0.05, 0) is 18.2 Å². The fourth-order valence-corrected chi connectivity index (χ4v) is 1.20. The second-order valence-corrected chi connectivity index (χ2v) is 2.80. The van der Waals surface area contributed by atoms with Gasteiger partial charge in [-0.1, -0.05) is 6.07 Å². The maximum atomic E-state index is 5.68. The van der Waals surface area contributed by atoms with Crippen molar-refractivity contribution in [2.24, 2.45) is 0 Å². The van der Waals surface area contributed by atoms with E-state index >= 15 is 0 Å². The van der Waals surface area contributed by atoms with Gasteiger partial charge < -0.3 is 10.2 Å². The van der Waals surface area contributed by atoms with Crippen molar-refractivity contribution in [2.75, 3.05) is 5.73 Å². The molecule has 0 amide bonds. The predicted molar refractivity (Wildman–Crippen MR) is 50.2 cm³/mol. The average Bonchev–Trinajstić information content (AvgIpc) is 2.61. The summed E-state index contributed by atoms with van der Waals surface area (Å²) in [6.45, 7) is 0. The highest BCUT2D eigenvalue weighted by Crippen LogP contribution is 2.13. The molecule has 0 aliphatic heterocycles. The van der Waals surface area contributed by atoms with Crippen LogP contribution in [-0.2, 0) is 6.42 Å². The van der Waals surface area contributed by atoms with Crippen LogP contribution >= 0.6 is 0 Å². The second-order valence-electron chi connectivity index (χ2n) is 2.80. The van der Waals surface area contributed by atoms with Crippen LogP contribution in [0.5, 0.6) is 0 Å². The van der Waals surface area contributed by atoms with E-state index in [1.165, 1.54) is 0 Å². The number of hydrogen-bond donors (Lipinski definition) is 1. The van der Waals surface area contributed by atoms with E-state index in [1.807, 2.05) is 24.3 Å². The Balaban J connectivity index is 2.24. The lowest BCUT2D eigenvalue weighted by Crippen LogP contribution is -1.96. The maximum Gasteiger partial charge on any atom is 0.126 e. The fourth-order valence-electron chi connectivity index (χ4n) is 1.20. The minimum atomic E-state index is 0.568. The van der Waals surface area contributed by atoms with E-state index in [0.29, 0.717) is 12.2 Å². The van der Waals surface area contributed by atoms with Crippen molar-refractivity contribution < 1.29 is 4.42 Å². The number of anilines is 1. The molecule has 2 N–H and O–H groups in total. The third-order valence-electron chi connectivity index (χ3n) is 1.87. The molecule has 0 fully saturated rings. The van der Waals surface area contributed by atoms with Gasteiger partial charge in [0, 0.05) is 18.2 Å². The van der Waals surface area contributed by atoms with Crippen LogP contribution in [0, 0.1) is 0 Å². The molecule has 0 unspecified atom stereocenters. The molecule has 0 aromatic carbocycles. The summed E-state index contributed by atoms with van der Waals surface area (Å²) >= 11 is 0. The van der Waals surface area contributed by atoms with Gasteiger partial charge in [0.05, 0.1) is 6.26 Å². The van der Waals surface area contributed by atoms with Gasteiger partial charge in [0.15, 0.2) is 0 Å². The van der Waals surface area contributed by atoms with Crippen LogP contribution in [0.25, 0.3) is 0 Å². The van der Waals surface area contributed by atoms with Crippen molar-refractivity contribution in [1.29, 1.82) is 0 Å². The zero-order valence-electron chi connectivity index (χ0n) is 7.10. The Morgan fingerprint density at radius 1 is 1.31 bits per heavy atom. The Morgan fingerprint density at radius 2 is 2.23 bits per heavy atom. The number of aromatic nitrogens is 1. The standard InChI is InChI=1S/C10H10N2O/c11-10-8(3-1-5-12-10)7-9-4-2-6-13-9/h1-6H,7H2,(H2,11,12). The van der Waals surface area contributed by atoms with Crippen molar-refractivity contribution in [1.82, 2.24) is 4.98 Å². The van der Waals surface area contributed by atoms with Gasteiger partial charge in [0.2, 0.25) is 0 Å². The lowest BCUT2D eigenvalue weighted by atomic mass is 10.1. The molecule has 0 atom stereocenters. The normalized spacial score (nSPS) is 10.2. The lowest BCUT2D eigenvalue weighted by molar-refractivity contribution is 0.521. The number of nitrogens with two attached hydrogens (primary N) is 1. The molecule has 2 aromatic rings. The van der Waals surface area contributed by atoms with E-state index in [4.69, 9.17) is 10.2 Å². The molecule has 2 aromatic heterocycles. The Kier molecular flexibility index (Phi) is 2.00. The first-order chi connectivity index (χ1) is 6.36. The number of rotatable bonds is 2. The molecule has 13 heavy (non-hydrogen) atoms. The number of hydrogen-bond acceptors (Lipinski definition) is 3. The largest absolute Gasteiger partial charge is 0.469 e. The molecule has 0 radical (unpaired) electrons. The van der Waals surface area contributed by atoms with Crippen LogP contribution < -0.4 is 5.73 Å². The Labute approximate surface area is 76.2 Å². The molecule has 3 heteroatoms. The summed E-state index contributed by atoms with van der Waals surface area (Å²) in [4.78, 5) is 4.00. The Hall–Kier alpha value is -1.77. The molecule has 0 aliphatic rings. The third kappa shape index (κ3) is 1.69. The molecule has 0 aliphatic carbocycles. The smallest absolute Gasteiger partial charge is 0.126 e. The first-order valence-electron chi connectivity index (χ1n) is 4.08. The van der Waals surface area contributed by atoms with E-state index in [-0.39, 0.29) is 0 Å². The van der Waals surface area contributed by atoms with Crippen LogP contribution in [0.4, 0.5) is 5.82 Å². The van der Waals surface area contributed by atoms with Gasteiger partial charge in [-0.2, -0.15) is 0 Å². The Bertz CT molecular complexity index is 382. The van der Waals surface area contributed by atoms with Crippen LogP contribution in [0.1, 0.15) is 11.3 Å². The van der Waals surface area contributed by atoms with Gasteiger partial charge in [-0.3, -0.25) is 0 Å². The van der Waals surface area contributed by atoms with Crippen molar-refractivity contribution in [3.8, 4) is 0 Å². The van der Waals surface area contributed by atoms with Gasteiger partial charge in [0.25, 0.3) is 0 Å². The van der Waals surface area contributed by atoms with Crippen LogP contribution in [0.3, 0.4) is 0 Å². The average molecular weight is 174 g/mol. The topological polar surface area (TPSA) is 52.0 Å². The first kappa shape index (κ1) is 7.86.